The summed E-state index contributed by atoms with van der Waals surface area (Å²) in [7, 11) is 0. The number of hydrazine groups is 1. The van der Waals surface area contributed by atoms with E-state index in [-0.39, 0.29) is 5.69 Å². The molecule has 6 heteroatoms. The van der Waals surface area contributed by atoms with Gasteiger partial charge in [0.2, 0.25) is 0 Å². The zero-order valence-electron chi connectivity index (χ0n) is 10.2. The van der Waals surface area contributed by atoms with Gasteiger partial charge in [-0.2, -0.15) is 0 Å². The van der Waals surface area contributed by atoms with Crippen molar-refractivity contribution in [3.8, 4) is 0 Å². The van der Waals surface area contributed by atoms with E-state index in [1.54, 1.807) is 6.07 Å². The summed E-state index contributed by atoms with van der Waals surface area (Å²) >= 11 is 0. The Morgan fingerprint density at radius 1 is 1.28 bits per heavy atom. The number of non-ortho nitro benzene ring substituents is 1. The van der Waals surface area contributed by atoms with E-state index in [1.807, 2.05) is 0 Å². The Kier molecular flexibility index (Phi) is 3.99. The number of nitrogens with two attached hydrogens (primary N) is 1. The average Bonchev–Trinajstić information content (AvgIpc) is 2.89. The Labute approximate surface area is 106 Å². The van der Waals surface area contributed by atoms with Crippen LogP contribution >= 0.6 is 0 Å². The van der Waals surface area contributed by atoms with Gasteiger partial charge in [-0.3, -0.25) is 16.0 Å². The first-order chi connectivity index (χ1) is 8.69. The predicted octanol–water partition coefficient (Wildman–Crippen LogP) is 2.48. The molecule has 0 saturated heterocycles. The van der Waals surface area contributed by atoms with E-state index in [0.717, 1.165) is 12.2 Å². The SMILES string of the molecule is NNc1cc(NCC2CCCC2)cc([N+](=O)[O-])c1. The Hall–Kier alpha value is -1.82. The Balaban J connectivity index is 2.05. The van der Waals surface area contributed by atoms with E-state index in [1.165, 1.54) is 37.8 Å². The maximum Gasteiger partial charge on any atom is 0.273 e. The van der Waals surface area contributed by atoms with Crippen LogP contribution in [0, 0.1) is 16.0 Å². The van der Waals surface area contributed by atoms with Crippen LogP contribution in [0.1, 0.15) is 25.7 Å². The van der Waals surface area contributed by atoms with Crippen LogP contribution < -0.4 is 16.6 Å². The summed E-state index contributed by atoms with van der Waals surface area (Å²) in [4.78, 5) is 10.4. The molecule has 4 N–H and O–H groups in total. The van der Waals surface area contributed by atoms with Crippen molar-refractivity contribution in [2.75, 3.05) is 17.3 Å². The van der Waals surface area contributed by atoms with Gasteiger partial charge in [-0.05, 0) is 24.8 Å². The number of nitro groups is 1. The second-order valence-electron chi connectivity index (χ2n) is 4.70. The molecule has 18 heavy (non-hydrogen) atoms. The summed E-state index contributed by atoms with van der Waals surface area (Å²) in [6.45, 7) is 0.866. The molecule has 1 aromatic rings. The molecule has 0 aromatic heterocycles. The minimum absolute atomic E-state index is 0.0411. The second kappa shape index (κ2) is 5.68. The van der Waals surface area contributed by atoms with E-state index in [2.05, 4.69) is 10.7 Å². The van der Waals surface area contributed by atoms with Crippen molar-refractivity contribution in [2.24, 2.45) is 11.8 Å². The number of nitrogens with zero attached hydrogens (tertiary/aromatic N) is 1. The van der Waals surface area contributed by atoms with Crippen LogP contribution in [0.15, 0.2) is 18.2 Å². The quantitative estimate of drug-likeness (QED) is 0.424. The fourth-order valence-corrected chi connectivity index (χ4v) is 2.38. The Morgan fingerprint density at radius 2 is 1.94 bits per heavy atom. The summed E-state index contributed by atoms with van der Waals surface area (Å²) in [6.07, 6.45) is 5.06. The normalized spacial score (nSPS) is 15.6. The smallest absolute Gasteiger partial charge is 0.273 e. The molecular weight excluding hydrogens is 232 g/mol. The lowest BCUT2D eigenvalue weighted by molar-refractivity contribution is -0.384. The van der Waals surface area contributed by atoms with Crippen LogP contribution in [-0.2, 0) is 0 Å². The predicted molar refractivity (Wildman–Crippen MR) is 71.4 cm³/mol. The molecule has 0 heterocycles. The molecule has 2 rings (SSSR count). The highest BCUT2D eigenvalue weighted by atomic mass is 16.6. The fourth-order valence-electron chi connectivity index (χ4n) is 2.38. The third kappa shape index (κ3) is 3.10. The Bertz CT molecular complexity index is 430. The lowest BCUT2D eigenvalue weighted by Gasteiger charge is -2.12. The first-order valence-electron chi connectivity index (χ1n) is 6.19. The number of hydrogen-bond donors (Lipinski definition) is 3. The highest BCUT2D eigenvalue weighted by molar-refractivity contribution is 5.63. The summed E-state index contributed by atoms with van der Waals surface area (Å²) in [5.74, 6) is 5.98. The summed E-state index contributed by atoms with van der Waals surface area (Å²) in [5, 5.41) is 14.0. The van der Waals surface area contributed by atoms with Gasteiger partial charge in [0.25, 0.3) is 5.69 Å². The molecule has 0 amide bonds. The van der Waals surface area contributed by atoms with E-state index < -0.39 is 4.92 Å². The van der Waals surface area contributed by atoms with Crippen LogP contribution in [-0.4, -0.2) is 11.5 Å². The van der Waals surface area contributed by atoms with E-state index in [9.17, 15) is 10.1 Å². The van der Waals surface area contributed by atoms with Gasteiger partial charge < -0.3 is 10.7 Å². The van der Waals surface area contributed by atoms with Gasteiger partial charge in [-0.1, -0.05) is 12.8 Å². The van der Waals surface area contributed by atoms with Gasteiger partial charge in [0.15, 0.2) is 0 Å². The molecule has 0 unspecified atom stereocenters. The van der Waals surface area contributed by atoms with Crippen LogP contribution in [0.2, 0.25) is 0 Å². The molecule has 0 radical (unpaired) electrons. The van der Waals surface area contributed by atoms with Crippen LogP contribution in [0.25, 0.3) is 0 Å². The topological polar surface area (TPSA) is 93.2 Å². The van der Waals surface area contributed by atoms with Gasteiger partial charge >= 0.3 is 0 Å². The molecule has 0 bridgehead atoms. The van der Waals surface area contributed by atoms with Crippen molar-refractivity contribution in [2.45, 2.75) is 25.7 Å². The summed E-state index contributed by atoms with van der Waals surface area (Å²) < 4.78 is 0. The lowest BCUT2D eigenvalue weighted by atomic mass is 10.1. The summed E-state index contributed by atoms with van der Waals surface area (Å²) in [5.41, 5.74) is 3.77. The second-order valence-corrected chi connectivity index (χ2v) is 4.70. The minimum Gasteiger partial charge on any atom is -0.385 e. The first kappa shape index (κ1) is 12.6. The standard InChI is InChI=1S/C12H18N4O2/c13-15-11-5-10(6-12(7-11)16(17)18)14-8-9-3-1-2-4-9/h5-7,9,14-15H,1-4,8,13H2. The zero-order valence-corrected chi connectivity index (χ0v) is 10.2. The number of benzene rings is 1. The molecule has 1 saturated carbocycles. The summed E-state index contributed by atoms with van der Waals surface area (Å²) in [6, 6.07) is 4.73. The van der Waals surface area contributed by atoms with Crippen molar-refractivity contribution in [3.05, 3.63) is 28.3 Å². The number of nitrogen functional groups attached to an aromatic ring is 1. The van der Waals surface area contributed by atoms with Crippen molar-refractivity contribution in [1.82, 2.24) is 0 Å². The molecule has 98 valence electrons. The van der Waals surface area contributed by atoms with E-state index in [4.69, 9.17) is 5.84 Å². The molecule has 1 fully saturated rings. The molecule has 0 atom stereocenters. The number of anilines is 2. The lowest BCUT2D eigenvalue weighted by Crippen LogP contribution is -2.12. The maximum absolute atomic E-state index is 10.8. The highest BCUT2D eigenvalue weighted by Gasteiger charge is 2.15. The van der Waals surface area contributed by atoms with E-state index >= 15 is 0 Å². The zero-order chi connectivity index (χ0) is 13.0. The largest absolute Gasteiger partial charge is 0.385 e. The monoisotopic (exact) mass is 250 g/mol. The van der Waals surface area contributed by atoms with Crippen LogP contribution in [0.3, 0.4) is 0 Å². The third-order valence-corrected chi connectivity index (χ3v) is 3.36. The van der Waals surface area contributed by atoms with Gasteiger partial charge in [-0.25, -0.2) is 0 Å². The molecular formula is C12H18N4O2. The molecule has 1 aromatic carbocycles. The fraction of sp³-hybridized carbons (Fsp3) is 0.500. The van der Waals surface area contributed by atoms with Crippen LogP contribution in [0.5, 0.6) is 0 Å². The van der Waals surface area contributed by atoms with Gasteiger partial charge in [-0.15, -0.1) is 0 Å². The first-order valence-corrected chi connectivity index (χ1v) is 6.19. The van der Waals surface area contributed by atoms with Crippen LogP contribution in [0.4, 0.5) is 17.1 Å². The number of hydrogen-bond acceptors (Lipinski definition) is 5. The van der Waals surface area contributed by atoms with Crippen molar-refractivity contribution in [3.63, 3.8) is 0 Å². The Morgan fingerprint density at radius 3 is 2.56 bits per heavy atom. The highest BCUT2D eigenvalue weighted by Crippen LogP contribution is 2.27. The number of nitrogens with one attached hydrogen (secondary N) is 2. The number of nitro benzene ring substituents is 1. The maximum atomic E-state index is 10.8. The van der Waals surface area contributed by atoms with Gasteiger partial charge in [0, 0.05) is 24.4 Å². The number of rotatable bonds is 5. The van der Waals surface area contributed by atoms with Gasteiger partial charge in [0.05, 0.1) is 10.6 Å². The van der Waals surface area contributed by atoms with Crippen molar-refractivity contribution in [1.29, 1.82) is 0 Å². The van der Waals surface area contributed by atoms with E-state index in [0.29, 0.717) is 11.6 Å². The molecule has 1 aliphatic carbocycles. The molecule has 1 aliphatic rings. The third-order valence-electron chi connectivity index (χ3n) is 3.36. The van der Waals surface area contributed by atoms with Gasteiger partial charge in [0.1, 0.15) is 0 Å². The molecule has 0 spiro atoms. The average molecular weight is 250 g/mol. The van der Waals surface area contributed by atoms with Crippen molar-refractivity contribution >= 4 is 17.1 Å². The van der Waals surface area contributed by atoms with Crippen molar-refractivity contribution < 1.29 is 4.92 Å². The molecule has 6 nitrogen and oxygen atoms in total. The molecule has 0 aliphatic heterocycles. The minimum atomic E-state index is -0.415.